The molecule has 3 rings (SSSR count). The summed E-state index contributed by atoms with van der Waals surface area (Å²) in [6.45, 7) is 1.21. The molecule has 0 saturated carbocycles. The van der Waals surface area contributed by atoms with E-state index in [1.807, 2.05) is 54.2 Å². The van der Waals surface area contributed by atoms with Gasteiger partial charge in [-0.25, -0.2) is 0 Å². The quantitative estimate of drug-likeness (QED) is 0.786. The van der Waals surface area contributed by atoms with E-state index in [4.69, 9.17) is 0 Å². The topological polar surface area (TPSA) is 61.4 Å². The van der Waals surface area contributed by atoms with Crippen molar-refractivity contribution in [2.45, 2.75) is 18.6 Å². The number of amides is 1. The highest BCUT2D eigenvalue weighted by Gasteiger charge is 2.17. The summed E-state index contributed by atoms with van der Waals surface area (Å²) in [4.78, 5) is 12.0. The molecule has 1 aliphatic rings. The minimum atomic E-state index is -0.683. The van der Waals surface area contributed by atoms with Gasteiger partial charge in [0.15, 0.2) is 0 Å². The molecule has 122 valence electrons. The monoisotopic (exact) mass is 330 g/mol. The van der Waals surface area contributed by atoms with Gasteiger partial charge in [0.05, 0.1) is 6.10 Å². The van der Waals surface area contributed by atoms with Crippen LogP contribution in [-0.2, 0) is 4.79 Å². The zero-order chi connectivity index (χ0) is 16.1. The Kier molecular flexibility index (Phi) is 5.54. The van der Waals surface area contributed by atoms with E-state index in [0.29, 0.717) is 6.42 Å². The van der Waals surface area contributed by atoms with Crippen LogP contribution in [0.15, 0.2) is 42.5 Å². The van der Waals surface area contributed by atoms with Gasteiger partial charge in [0.2, 0.25) is 5.91 Å². The van der Waals surface area contributed by atoms with Crippen molar-refractivity contribution in [1.82, 2.24) is 10.6 Å². The van der Waals surface area contributed by atoms with E-state index in [-0.39, 0.29) is 18.5 Å². The van der Waals surface area contributed by atoms with Gasteiger partial charge in [0.1, 0.15) is 0 Å². The number of carbonyl (C=O) groups is 1. The molecule has 0 aromatic heterocycles. The minimum absolute atomic E-state index is 0.00941. The Morgan fingerprint density at radius 1 is 1.30 bits per heavy atom. The molecule has 1 heterocycles. The summed E-state index contributed by atoms with van der Waals surface area (Å²) < 4.78 is 0. The Morgan fingerprint density at radius 2 is 2.13 bits per heavy atom. The van der Waals surface area contributed by atoms with Crippen LogP contribution < -0.4 is 10.6 Å². The molecule has 0 bridgehead atoms. The Morgan fingerprint density at radius 3 is 2.91 bits per heavy atom. The zero-order valence-corrected chi connectivity index (χ0v) is 13.8. The molecule has 2 unspecified atom stereocenters. The summed E-state index contributed by atoms with van der Waals surface area (Å²) in [6.07, 6.45) is -0.213. The van der Waals surface area contributed by atoms with Crippen LogP contribution in [0, 0.1) is 0 Å². The highest BCUT2D eigenvalue weighted by molar-refractivity contribution is 7.99. The maximum atomic E-state index is 12.0. The SMILES string of the molecule is O=C(CC1CSCCN1)NCC(O)c1ccc2ccccc2c1. The van der Waals surface area contributed by atoms with Gasteiger partial charge < -0.3 is 15.7 Å². The van der Waals surface area contributed by atoms with Crippen LogP contribution in [0.2, 0.25) is 0 Å². The van der Waals surface area contributed by atoms with E-state index in [9.17, 15) is 9.90 Å². The van der Waals surface area contributed by atoms with Gasteiger partial charge in [-0.05, 0) is 22.4 Å². The summed E-state index contributed by atoms with van der Waals surface area (Å²) in [7, 11) is 0. The fourth-order valence-electron chi connectivity index (χ4n) is 2.79. The fourth-order valence-corrected chi connectivity index (χ4v) is 3.74. The first-order valence-electron chi connectivity index (χ1n) is 7.97. The summed E-state index contributed by atoms with van der Waals surface area (Å²) in [5.74, 6) is 2.07. The number of thioether (sulfide) groups is 1. The van der Waals surface area contributed by atoms with Gasteiger partial charge in [-0.15, -0.1) is 0 Å². The largest absolute Gasteiger partial charge is 0.387 e. The first-order chi connectivity index (χ1) is 11.2. The number of hydrogen-bond donors (Lipinski definition) is 3. The van der Waals surface area contributed by atoms with E-state index in [2.05, 4.69) is 10.6 Å². The van der Waals surface area contributed by atoms with Gasteiger partial charge in [-0.1, -0.05) is 36.4 Å². The number of benzene rings is 2. The molecule has 0 spiro atoms. The maximum Gasteiger partial charge on any atom is 0.221 e. The molecule has 3 N–H and O–H groups in total. The average molecular weight is 330 g/mol. The number of aliphatic hydroxyl groups is 1. The van der Waals surface area contributed by atoms with Crippen LogP contribution in [-0.4, -0.2) is 41.7 Å². The molecular weight excluding hydrogens is 308 g/mol. The summed E-state index contributed by atoms with van der Waals surface area (Å²) >= 11 is 1.88. The second-order valence-corrected chi connectivity index (χ2v) is 7.01. The summed E-state index contributed by atoms with van der Waals surface area (Å²) in [5, 5.41) is 18.7. The van der Waals surface area contributed by atoms with Crippen molar-refractivity contribution in [1.29, 1.82) is 0 Å². The molecule has 2 aromatic carbocycles. The van der Waals surface area contributed by atoms with Crippen LogP contribution in [0.5, 0.6) is 0 Å². The van der Waals surface area contributed by atoms with Crippen molar-refractivity contribution in [2.75, 3.05) is 24.6 Å². The number of hydrogen-bond acceptors (Lipinski definition) is 4. The van der Waals surface area contributed by atoms with Crippen molar-refractivity contribution in [2.24, 2.45) is 0 Å². The lowest BCUT2D eigenvalue weighted by atomic mass is 10.0. The van der Waals surface area contributed by atoms with E-state index in [0.717, 1.165) is 34.4 Å². The second kappa shape index (κ2) is 7.81. The third-order valence-electron chi connectivity index (χ3n) is 4.08. The fraction of sp³-hybridized carbons (Fsp3) is 0.389. The van der Waals surface area contributed by atoms with Gasteiger partial charge in [-0.2, -0.15) is 11.8 Å². The highest BCUT2D eigenvalue weighted by atomic mass is 32.2. The first-order valence-corrected chi connectivity index (χ1v) is 9.12. The number of rotatable bonds is 5. The van der Waals surface area contributed by atoms with Crippen LogP contribution in [0.25, 0.3) is 10.8 Å². The molecule has 4 nitrogen and oxygen atoms in total. The lowest BCUT2D eigenvalue weighted by Gasteiger charge is -2.22. The second-order valence-electron chi connectivity index (χ2n) is 5.86. The Hall–Kier alpha value is -1.56. The molecule has 5 heteroatoms. The average Bonchev–Trinajstić information content (AvgIpc) is 2.60. The van der Waals surface area contributed by atoms with Crippen molar-refractivity contribution >= 4 is 28.4 Å². The molecule has 1 aliphatic heterocycles. The van der Waals surface area contributed by atoms with E-state index in [1.54, 1.807) is 0 Å². The third-order valence-corrected chi connectivity index (χ3v) is 5.21. The molecular formula is C18H22N2O2S. The third kappa shape index (κ3) is 4.47. The lowest BCUT2D eigenvalue weighted by molar-refractivity contribution is -0.121. The maximum absolute atomic E-state index is 12.0. The van der Waals surface area contributed by atoms with Gasteiger partial charge >= 0.3 is 0 Å². The van der Waals surface area contributed by atoms with Crippen LogP contribution >= 0.6 is 11.8 Å². The molecule has 2 aromatic rings. The van der Waals surface area contributed by atoms with Crippen molar-refractivity contribution in [3.63, 3.8) is 0 Å². The van der Waals surface area contributed by atoms with E-state index in [1.165, 1.54) is 0 Å². The number of fused-ring (bicyclic) bond motifs is 1. The van der Waals surface area contributed by atoms with Crippen LogP contribution in [0.1, 0.15) is 18.1 Å². The van der Waals surface area contributed by atoms with Gasteiger partial charge in [0.25, 0.3) is 0 Å². The lowest BCUT2D eigenvalue weighted by Crippen LogP contribution is -2.41. The summed E-state index contributed by atoms with van der Waals surface area (Å²) in [6, 6.07) is 14.2. The Labute approximate surface area is 140 Å². The van der Waals surface area contributed by atoms with Crippen molar-refractivity contribution in [3.05, 3.63) is 48.0 Å². The van der Waals surface area contributed by atoms with Gasteiger partial charge in [-0.3, -0.25) is 4.79 Å². The zero-order valence-electron chi connectivity index (χ0n) is 13.0. The number of nitrogens with one attached hydrogen (secondary N) is 2. The Balaban J connectivity index is 1.53. The number of carbonyl (C=O) groups excluding carboxylic acids is 1. The smallest absolute Gasteiger partial charge is 0.221 e. The molecule has 0 radical (unpaired) electrons. The molecule has 1 amide bonds. The predicted molar refractivity (Wildman–Crippen MR) is 95.7 cm³/mol. The number of aliphatic hydroxyl groups excluding tert-OH is 1. The standard InChI is InChI=1S/C18H22N2O2S/c21-17(11-20-18(22)10-16-12-23-8-7-19-16)15-6-5-13-3-1-2-4-14(13)9-15/h1-6,9,16-17,19,21H,7-8,10-12H2,(H,20,22). The molecule has 1 fully saturated rings. The normalized spacial score (nSPS) is 19.4. The summed E-state index contributed by atoms with van der Waals surface area (Å²) in [5.41, 5.74) is 0.829. The molecule has 1 saturated heterocycles. The van der Waals surface area contributed by atoms with Crippen LogP contribution in [0.4, 0.5) is 0 Å². The highest BCUT2D eigenvalue weighted by Crippen LogP contribution is 2.20. The predicted octanol–water partition coefficient (Wildman–Crippen LogP) is 2.08. The first kappa shape index (κ1) is 16.3. The molecule has 23 heavy (non-hydrogen) atoms. The van der Waals surface area contributed by atoms with E-state index >= 15 is 0 Å². The Bertz CT molecular complexity index is 671. The van der Waals surface area contributed by atoms with Crippen molar-refractivity contribution in [3.8, 4) is 0 Å². The molecule has 0 aliphatic carbocycles. The van der Waals surface area contributed by atoms with Crippen LogP contribution in [0.3, 0.4) is 0 Å². The minimum Gasteiger partial charge on any atom is -0.387 e. The van der Waals surface area contributed by atoms with Crippen molar-refractivity contribution < 1.29 is 9.90 Å². The van der Waals surface area contributed by atoms with Gasteiger partial charge in [0, 0.05) is 37.1 Å². The van der Waals surface area contributed by atoms with E-state index < -0.39 is 6.10 Å². The molecule has 2 atom stereocenters.